The summed E-state index contributed by atoms with van der Waals surface area (Å²) in [6, 6.07) is 0. The van der Waals surface area contributed by atoms with Gasteiger partial charge in [0, 0.05) is 5.92 Å². The van der Waals surface area contributed by atoms with E-state index in [1.807, 2.05) is 0 Å². The Morgan fingerprint density at radius 1 is 1.43 bits per heavy atom. The van der Waals surface area contributed by atoms with E-state index in [9.17, 15) is 9.59 Å². The van der Waals surface area contributed by atoms with Gasteiger partial charge < -0.3 is 9.72 Å². The summed E-state index contributed by atoms with van der Waals surface area (Å²) in [4.78, 5) is 30.5. The summed E-state index contributed by atoms with van der Waals surface area (Å²) < 4.78 is 7.09. The number of H-pyrrole nitrogens is 1. The minimum absolute atomic E-state index is 0.0205. The zero-order chi connectivity index (χ0) is 15.0. The lowest BCUT2D eigenvalue weighted by atomic mass is 9.81. The number of fused-ring (bicyclic) bond motifs is 1. The average molecular weight is 402 g/mol. The first-order chi connectivity index (χ1) is 10.1. The fraction of sp³-hybridized carbons (Fsp3) is 0.538. The van der Waals surface area contributed by atoms with Crippen LogP contribution in [0.2, 0.25) is 0 Å². The molecule has 0 amide bonds. The van der Waals surface area contributed by atoms with Crippen molar-refractivity contribution in [3.8, 4) is 0 Å². The Labute approximate surface area is 134 Å². The van der Waals surface area contributed by atoms with Gasteiger partial charge in [0.15, 0.2) is 5.52 Å². The van der Waals surface area contributed by atoms with E-state index in [1.165, 1.54) is 13.4 Å². The summed E-state index contributed by atoms with van der Waals surface area (Å²) >= 11 is 2.06. The number of nitrogens with zero attached hydrogens (tertiary/aromatic N) is 3. The molecule has 112 valence electrons. The Morgan fingerprint density at radius 3 is 2.81 bits per heavy atom. The van der Waals surface area contributed by atoms with Crippen LogP contribution < -0.4 is 5.56 Å². The molecule has 7 nitrogen and oxygen atoms in total. The molecule has 1 N–H and O–H groups in total. The lowest BCUT2D eigenvalue weighted by Gasteiger charge is -2.25. The van der Waals surface area contributed by atoms with Crippen LogP contribution in [0.3, 0.4) is 0 Å². The maximum absolute atomic E-state index is 11.9. The van der Waals surface area contributed by atoms with E-state index >= 15 is 0 Å². The number of imidazole rings is 1. The van der Waals surface area contributed by atoms with E-state index in [-0.39, 0.29) is 23.4 Å². The Morgan fingerprint density at radius 2 is 2.14 bits per heavy atom. The second kappa shape index (κ2) is 5.74. The van der Waals surface area contributed by atoms with Crippen molar-refractivity contribution in [1.29, 1.82) is 0 Å². The second-order valence-corrected chi connectivity index (χ2v) is 6.23. The number of rotatable bonds is 2. The quantitative estimate of drug-likeness (QED) is 0.607. The monoisotopic (exact) mass is 402 g/mol. The van der Waals surface area contributed by atoms with Gasteiger partial charge in [0.2, 0.25) is 0 Å². The predicted molar refractivity (Wildman–Crippen MR) is 83.0 cm³/mol. The van der Waals surface area contributed by atoms with Crippen molar-refractivity contribution in [2.45, 2.75) is 31.6 Å². The lowest BCUT2D eigenvalue weighted by Crippen LogP contribution is -2.23. The van der Waals surface area contributed by atoms with Gasteiger partial charge in [-0.1, -0.05) is 0 Å². The number of hydrogen-bond acceptors (Lipinski definition) is 5. The van der Waals surface area contributed by atoms with Gasteiger partial charge in [0.1, 0.15) is 15.9 Å². The molecular formula is C13H15IN4O3. The van der Waals surface area contributed by atoms with Crippen LogP contribution in [-0.2, 0) is 9.53 Å². The average Bonchev–Trinajstić information content (AvgIpc) is 2.85. The van der Waals surface area contributed by atoms with E-state index in [1.54, 1.807) is 4.52 Å². The SMILES string of the molecule is COC(=O)C1CCC(c2nc(I)c3c(=O)[nH]cnn23)CC1. The largest absolute Gasteiger partial charge is 0.469 e. The first-order valence-corrected chi connectivity index (χ1v) is 7.89. The third-order valence-electron chi connectivity index (χ3n) is 4.05. The van der Waals surface area contributed by atoms with Crippen LogP contribution in [-0.4, -0.2) is 32.7 Å². The Balaban J connectivity index is 1.88. The summed E-state index contributed by atoms with van der Waals surface area (Å²) in [7, 11) is 1.43. The standard InChI is InChI=1S/C13H15IN4O3/c1-21-13(20)8-4-2-7(3-5-8)11-17-10(14)9-12(19)15-6-16-18(9)11/h6-8H,2-5H2,1H3,(H,15,16,19). The number of halogens is 1. The van der Waals surface area contributed by atoms with Crippen LogP contribution in [0.25, 0.3) is 5.52 Å². The van der Waals surface area contributed by atoms with E-state index < -0.39 is 0 Å². The highest BCUT2D eigenvalue weighted by atomic mass is 127. The normalized spacial score (nSPS) is 22.4. The maximum atomic E-state index is 11.9. The van der Waals surface area contributed by atoms with Crippen molar-refractivity contribution < 1.29 is 9.53 Å². The van der Waals surface area contributed by atoms with E-state index in [4.69, 9.17) is 4.74 Å². The number of nitrogens with one attached hydrogen (secondary N) is 1. The molecule has 0 aromatic carbocycles. The number of aromatic amines is 1. The molecule has 0 aliphatic heterocycles. The first-order valence-electron chi connectivity index (χ1n) is 6.81. The molecular weight excluding hydrogens is 387 g/mol. The molecule has 0 spiro atoms. The number of hydrogen-bond donors (Lipinski definition) is 1. The molecule has 2 aromatic heterocycles. The van der Waals surface area contributed by atoms with Crippen LogP contribution in [0.5, 0.6) is 0 Å². The summed E-state index contributed by atoms with van der Waals surface area (Å²) in [6.45, 7) is 0. The summed E-state index contributed by atoms with van der Waals surface area (Å²) in [6.07, 6.45) is 4.65. The number of aromatic nitrogens is 4. The lowest BCUT2D eigenvalue weighted by molar-refractivity contribution is -0.146. The van der Waals surface area contributed by atoms with Gasteiger partial charge in [0.05, 0.1) is 13.0 Å². The second-order valence-electron chi connectivity index (χ2n) is 5.21. The van der Waals surface area contributed by atoms with Crippen LogP contribution >= 0.6 is 22.6 Å². The van der Waals surface area contributed by atoms with Gasteiger partial charge in [-0.2, -0.15) is 5.10 Å². The number of carbonyl (C=O) groups is 1. The van der Waals surface area contributed by atoms with Gasteiger partial charge >= 0.3 is 5.97 Å². The zero-order valence-corrected chi connectivity index (χ0v) is 13.7. The van der Waals surface area contributed by atoms with Crippen molar-refractivity contribution >= 4 is 34.1 Å². The van der Waals surface area contributed by atoms with Crippen LogP contribution in [0, 0.1) is 9.62 Å². The minimum atomic E-state index is -0.184. The molecule has 2 aromatic rings. The smallest absolute Gasteiger partial charge is 0.308 e. The predicted octanol–water partition coefficient (Wildman–Crippen LogP) is 1.47. The number of methoxy groups -OCH3 is 1. The Kier molecular flexibility index (Phi) is 3.96. The topological polar surface area (TPSA) is 89.3 Å². The number of esters is 1. The fourth-order valence-corrected chi connectivity index (χ4v) is 3.66. The van der Waals surface area contributed by atoms with Gasteiger partial charge in [-0.25, -0.2) is 9.50 Å². The first kappa shape index (κ1) is 14.5. The molecule has 0 saturated heterocycles. The number of ether oxygens (including phenoxy) is 1. The molecule has 0 radical (unpaired) electrons. The summed E-state index contributed by atoms with van der Waals surface area (Å²) in [5.41, 5.74) is 0.305. The van der Waals surface area contributed by atoms with Crippen molar-refractivity contribution in [1.82, 2.24) is 19.6 Å². The van der Waals surface area contributed by atoms with Gasteiger partial charge in [-0.05, 0) is 48.3 Å². The molecule has 8 heteroatoms. The summed E-state index contributed by atoms with van der Waals surface area (Å²) in [5.74, 6) is 0.874. The molecule has 1 saturated carbocycles. The van der Waals surface area contributed by atoms with Gasteiger partial charge in [-0.3, -0.25) is 9.59 Å². The Hall–Kier alpha value is -1.45. The third kappa shape index (κ3) is 2.56. The highest BCUT2D eigenvalue weighted by molar-refractivity contribution is 14.1. The van der Waals surface area contributed by atoms with Crippen LogP contribution in [0.4, 0.5) is 0 Å². The van der Waals surface area contributed by atoms with Crippen LogP contribution in [0.1, 0.15) is 37.4 Å². The molecule has 0 bridgehead atoms. The third-order valence-corrected chi connectivity index (χ3v) is 4.80. The van der Waals surface area contributed by atoms with Crippen molar-refractivity contribution in [3.63, 3.8) is 0 Å². The Bertz CT molecular complexity index is 731. The van der Waals surface area contributed by atoms with E-state index in [2.05, 4.69) is 37.7 Å². The molecule has 1 aliphatic rings. The van der Waals surface area contributed by atoms with Crippen molar-refractivity contribution in [2.75, 3.05) is 7.11 Å². The number of carbonyl (C=O) groups excluding carboxylic acids is 1. The molecule has 2 heterocycles. The van der Waals surface area contributed by atoms with Crippen molar-refractivity contribution in [2.24, 2.45) is 5.92 Å². The minimum Gasteiger partial charge on any atom is -0.469 e. The molecule has 3 rings (SSSR count). The van der Waals surface area contributed by atoms with Crippen LogP contribution in [0.15, 0.2) is 11.1 Å². The molecule has 1 fully saturated rings. The highest BCUT2D eigenvalue weighted by Crippen LogP contribution is 2.36. The molecule has 0 unspecified atom stereocenters. The fourth-order valence-electron chi connectivity index (χ4n) is 2.94. The molecule has 21 heavy (non-hydrogen) atoms. The highest BCUT2D eigenvalue weighted by Gasteiger charge is 2.30. The van der Waals surface area contributed by atoms with E-state index in [0.29, 0.717) is 9.22 Å². The molecule has 1 aliphatic carbocycles. The van der Waals surface area contributed by atoms with Gasteiger partial charge in [-0.15, -0.1) is 0 Å². The maximum Gasteiger partial charge on any atom is 0.308 e. The summed E-state index contributed by atoms with van der Waals surface area (Å²) in [5, 5.41) is 4.21. The molecule has 0 atom stereocenters. The van der Waals surface area contributed by atoms with Crippen molar-refractivity contribution in [3.05, 3.63) is 26.2 Å². The van der Waals surface area contributed by atoms with Gasteiger partial charge in [0.25, 0.3) is 5.56 Å². The zero-order valence-electron chi connectivity index (χ0n) is 11.5. The van der Waals surface area contributed by atoms with E-state index in [0.717, 1.165) is 31.5 Å².